The fourth-order valence-electron chi connectivity index (χ4n) is 5.53. The van der Waals surface area contributed by atoms with Crippen molar-refractivity contribution in [3.05, 3.63) is 40.7 Å². The van der Waals surface area contributed by atoms with Crippen molar-refractivity contribution in [3.63, 3.8) is 0 Å². The first kappa shape index (κ1) is 25.7. The first-order chi connectivity index (χ1) is 17.4. The molecule has 2 aromatic rings. The van der Waals surface area contributed by atoms with E-state index in [-0.39, 0.29) is 23.2 Å². The van der Waals surface area contributed by atoms with Gasteiger partial charge in [-0.2, -0.15) is 9.40 Å². The number of fused-ring (bicyclic) bond motifs is 1. The number of aromatic nitrogens is 2. The highest BCUT2D eigenvalue weighted by molar-refractivity contribution is 7.89. The summed E-state index contributed by atoms with van der Waals surface area (Å²) < 4.78 is 27.9. The van der Waals surface area contributed by atoms with E-state index in [1.165, 1.54) is 17.1 Å². The monoisotopic (exact) mass is 528 g/mol. The van der Waals surface area contributed by atoms with E-state index in [2.05, 4.69) is 19.2 Å². The fourth-order valence-corrected chi connectivity index (χ4v) is 6.69. The number of amides is 2. The molecule has 3 N–H and O–H groups in total. The minimum absolute atomic E-state index is 0.0252. The van der Waals surface area contributed by atoms with Gasteiger partial charge in [-0.25, -0.2) is 13.1 Å². The van der Waals surface area contributed by atoms with E-state index < -0.39 is 15.9 Å². The van der Waals surface area contributed by atoms with E-state index in [4.69, 9.17) is 10.8 Å². The Morgan fingerprint density at radius 2 is 1.97 bits per heavy atom. The van der Waals surface area contributed by atoms with E-state index in [0.29, 0.717) is 60.0 Å². The Hall–Kier alpha value is -2.92. The van der Waals surface area contributed by atoms with Crippen LogP contribution in [0, 0.1) is 12.8 Å². The van der Waals surface area contributed by atoms with Gasteiger partial charge in [0.15, 0.2) is 0 Å². The van der Waals surface area contributed by atoms with Gasteiger partial charge in [0, 0.05) is 43.3 Å². The van der Waals surface area contributed by atoms with Gasteiger partial charge >= 0.3 is 0 Å². The summed E-state index contributed by atoms with van der Waals surface area (Å²) in [6.07, 6.45) is 3.64. The standard InChI is InChI=1S/C26H36N6O4S/c1-5-37(35,36)30-11-10-18(15-30)28-21-12-19(8-9-20(21)24(27)33)32-22-13-26(3,4)31(14-17-6-7-17)25(34)23(22)16(2)29-32/h8-9,12,17-18,28H,5-7,10-11,13-15H2,1-4H3,(H2,27,33)/t18-/m0/s1. The van der Waals surface area contributed by atoms with Gasteiger partial charge in [0.2, 0.25) is 10.0 Å². The highest BCUT2D eigenvalue weighted by Crippen LogP contribution is 2.38. The number of carbonyl (C=O) groups is 2. The maximum Gasteiger partial charge on any atom is 0.258 e. The average Bonchev–Trinajstić information content (AvgIpc) is 3.43. The molecule has 1 aliphatic carbocycles. The lowest BCUT2D eigenvalue weighted by Crippen LogP contribution is -2.53. The Labute approximate surface area is 218 Å². The van der Waals surface area contributed by atoms with E-state index >= 15 is 0 Å². The molecule has 0 spiro atoms. The van der Waals surface area contributed by atoms with E-state index in [1.54, 1.807) is 23.7 Å². The normalized spacial score (nSPS) is 21.8. The number of aryl methyl sites for hydroxylation is 1. The third-order valence-electron chi connectivity index (χ3n) is 7.87. The average molecular weight is 529 g/mol. The number of nitrogens with one attached hydrogen (secondary N) is 1. The lowest BCUT2D eigenvalue weighted by atomic mass is 9.87. The van der Waals surface area contributed by atoms with Gasteiger partial charge in [0.05, 0.1) is 34.0 Å². The molecule has 0 unspecified atom stereocenters. The Bertz CT molecular complexity index is 1360. The highest BCUT2D eigenvalue weighted by Gasteiger charge is 2.43. The van der Waals surface area contributed by atoms with Crippen LogP contribution in [0.4, 0.5) is 5.69 Å². The SMILES string of the molecule is CCS(=O)(=O)N1CC[C@H](Nc2cc(-n3nc(C)c4c3CC(C)(C)N(CC3CC3)C4=O)ccc2C(N)=O)C1. The molecule has 3 aliphatic rings. The molecule has 2 fully saturated rings. The van der Waals surface area contributed by atoms with Crippen LogP contribution >= 0.6 is 0 Å². The number of rotatable bonds is 8. The third-order valence-corrected chi connectivity index (χ3v) is 9.71. The summed E-state index contributed by atoms with van der Waals surface area (Å²) in [5.74, 6) is 0.0976. The van der Waals surface area contributed by atoms with Gasteiger partial charge in [-0.15, -0.1) is 0 Å². The first-order valence-electron chi connectivity index (χ1n) is 13.0. The Balaban J connectivity index is 1.48. The number of sulfonamides is 1. The van der Waals surface area contributed by atoms with E-state index in [0.717, 1.165) is 12.2 Å². The second-order valence-electron chi connectivity index (χ2n) is 11.1. The number of anilines is 1. The van der Waals surface area contributed by atoms with Crippen LogP contribution in [-0.4, -0.2) is 76.2 Å². The summed E-state index contributed by atoms with van der Waals surface area (Å²) in [6.45, 7) is 9.23. The van der Waals surface area contributed by atoms with Crippen molar-refractivity contribution in [2.45, 2.75) is 65.0 Å². The molecule has 1 saturated carbocycles. The van der Waals surface area contributed by atoms with Gasteiger partial charge in [-0.1, -0.05) is 0 Å². The quantitative estimate of drug-likeness (QED) is 0.541. The maximum absolute atomic E-state index is 13.6. The molecule has 200 valence electrons. The molecule has 2 amide bonds. The molecule has 11 heteroatoms. The van der Waals surface area contributed by atoms with Crippen molar-refractivity contribution in [1.29, 1.82) is 0 Å². The van der Waals surface area contributed by atoms with Crippen LogP contribution in [0.25, 0.3) is 5.69 Å². The number of hydrogen-bond acceptors (Lipinski definition) is 6. The van der Waals surface area contributed by atoms with Crippen LogP contribution in [0.2, 0.25) is 0 Å². The van der Waals surface area contributed by atoms with E-state index in [1.807, 2.05) is 17.9 Å². The fraction of sp³-hybridized carbons (Fsp3) is 0.577. The predicted octanol–water partition coefficient (Wildman–Crippen LogP) is 2.30. The van der Waals surface area contributed by atoms with Crippen molar-refractivity contribution >= 4 is 27.5 Å². The van der Waals surface area contributed by atoms with Crippen LogP contribution in [0.3, 0.4) is 0 Å². The van der Waals surface area contributed by atoms with Gasteiger partial charge in [-0.05, 0) is 71.1 Å². The molecule has 1 aromatic carbocycles. The zero-order chi connectivity index (χ0) is 26.7. The highest BCUT2D eigenvalue weighted by atomic mass is 32.2. The van der Waals surface area contributed by atoms with Crippen LogP contribution in [0.1, 0.15) is 72.1 Å². The summed E-state index contributed by atoms with van der Waals surface area (Å²) in [5, 5.41) is 8.10. The molecule has 0 radical (unpaired) electrons. The number of primary amides is 1. The van der Waals surface area contributed by atoms with Gasteiger partial charge in [-0.3, -0.25) is 9.59 Å². The minimum atomic E-state index is -3.28. The van der Waals surface area contributed by atoms with Crippen LogP contribution in [0.5, 0.6) is 0 Å². The Morgan fingerprint density at radius 3 is 2.62 bits per heavy atom. The molecule has 10 nitrogen and oxygen atoms in total. The molecule has 0 bridgehead atoms. The molecule has 37 heavy (non-hydrogen) atoms. The second kappa shape index (κ2) is 9.13. The largest absolute Gasteiger partial charge is 0.380 e. The number of nitrogens with zero attached hydrogens (tertiary/aromatic N) is 4. The zero-order valence-corrected chi connectivity index (χ0v) is 22.8. The summed E-state index contributed by atoms with van der Waals surface area (Å²) >= 11 is 0. The summed E-state index contributed by atoms with van der Waals surface area (Å²) in [6, 6.07) is 5.11. The molecule has 1 atom stereocenters. The van der Waals surface area contributed by atoms with Crippen molar-refractivity contribution in [1.82, 2.24) is 19.0 Å². The maximum atomic E-state index is 13.6. The van der Waals surface area contributed by atoms with Crippen molar-refractivity contribution in [2.75, 3.05) is 30.7 Å². The van der Waals surface area contributed by atoms with Crippen LogP contribution in [-0.2, 0) is 16.4 Å². The predicted molar refractivity (Wildman–Crippen MR) is 141 cm³/mol. The summed E-state index contributed by atoms with van der Waals surface area (Å²) in [4.78, 5) is 27.8. The number of hydrogen-bond donors (Lipinski definition) is 2. The van der Waals surface area contributed by atoms with Gasteiger partial charge < -0.3 is 16.0 Å². The Morgan fingerprint density at radius 1 is 1.24 bits per heavy atom. The molecule has 1 aromatic heterocycles. The van der Waals surface area contributed by atoms with E-state index in [9.17, 15) is 18.0 Å². The summed E-state index contributed by atoms with van der Waals surface area (Å²) in [7, 11) is -3.28. The molecule has 5 rings (SSSR count). The molecule has 2 aliphatic heterocycles. The van der Waals surface area contributed by atoms with Crippen molar-refractivity contribution < 1.29 is 18.0 Å². The van der Waals surface area contributed by atoms with Gasteiger partial charge in [0.1, 0.15) is 0 Å². The van der Waals surface area contributed by atoms with Crippen LogP contribution in [0.15, 0.2) is 18.2 Å². The molecular formula is C26H36N6O4S. The smallest absolute Gasteiger partial charge is 0.258 e. The Kier molecular flexibility index (Phi) is 6.34. The van der Waals surface area contributed by atoms with Crippen molar-refractivity contribution in [2.24, 2.45) is 11.7 Å². The van der Waals surface area contributed by atoms with Crippen molar-refractivity contribution in [3.8, 4) is 5.69 Å². The second-order valence-corrected chi connectivity index (χ2v) is 13.4. The summed E-state index contributed by atoms with van der Waals surface area (Å²) in [5.41, 5.74) is 9.09. The lowest BCUT2D eigenvalue weighted by molar-refractivity contribution is 0.0487. The number of benzene rings is 1. The first-order valence-corrected chi connectivity index (χ1v) is 14.6. The molecule has 1 saturated heterocycles. The number of nitrogens with two attached hydrogens (primary N) is 1. The molecular weight excluding hydrogens is 492 g/mol. The minimum Gasteiger partial charge on any atom is -0.380 e. The van der Waals surface area contributed by atoms with Crippen LogP contribution < -0.4 is 11.1 Å². The molecule has 3 heterocycles. The van der Waals surface area contributed by atoms with Gasteiger partial charge in [0.25, 0.3) is 11.8 Å². The number of carbonyl (C=O) groups excluding carboxylic acids is 2. The third kappa shape index (κ3) is 4.74. The zero-order valence-electron chi connectivity index (χ0n) is 22.0. The topological polar surface area (TPSA) is 131 Å². The lowest BCUT2D eigenvalue weighted by Gasteiger charge is -2.42.